The van der Waals surface area contributed by atoms with E-state index in [-0.39, 0.29) is 17.6 Å². The lowest BCUT2D eigenvalue weighted by molar-refractivity contribution is 0.0664. The van der Waals surface area contributed by atoms with Crippen LogP contribution < -0.4 is 5.32 Å². The van der Waals surface area contributed by atoms with E-state index in [1.54, 1.807) is 18.2 Å². The minimum Gasteiger partial charge on any atom is -0.459 e. The molecule has 0 bridgehead atoms. The van der Waals surface area contributed by atoms with Gasteiger partial charge in [0.2, 0.25) is 0 Å². The highest BCUT2D eigenvalue weighted by molar-refractivity contribution is 7.22. The summed E-state index contributed by atoms with van der Waals surface area (Å²) in [6.45, 7) is 3.25. The number of nitrogens with one attached hydrogen (secondary N) is 1. The van der Waals surface area contributed by atoms with Gasteiger partial charge >= 0.3 is 0 Å². The van der Waals surface area contributed by atoms with Gasteiger partial charge in [-0.05, 0) is 37.4 Å². The molecule has 2 amide bonds. The molecule has 4 rings (SSSR count). The summed E-state index contributed by atoms with van der Waals surface area (Å²) in [5.41, 5.74) is 1.40. The number of likely N-dealkylation sites (N-methyl/N-ethyl adjacent to an activating group) is 1. The molecule has 1 aliphatic heterocycles. The largest absolute Gasteiger partial charge is 0.459 e. The number of piperazine rings is 1. The van der Waals surface area contributed by atoms with Gasteiger partial charge in [-0.1, -0.05) is 11.3 Å². The Balaban J connectivity index is 1.52. The molecule has 1 N–H and O–H groups in total. The van der Waals surface area contributed by atoms with Gasteiger partial charge in [-0.3, -0.25) is 14.9 Å². The van der Waals surface area contributed by atoms with Gasteiger partial charge < -0.3 is 14.2 Å². The van der Waals surface area contributed by atoms with E-state index in [1.165, 1.54) is 17.6 Å². The maximum absolute atomic E-state index is 12.7. The highest BCUT2D eigenvalue weighted by Gasteiger charge is 2.21. The first-order valence-electron chi connectivity index (χ1n) is 8.33. The number of carbonyl (C=O) groups is 2. The molecule has 2 aromatic heterocycles. The highest BCUT2D eigenvalue weighted by Crippen LogP contribution is 2.27. The third kappa shape index (κ3) is 3.33. The molecule has 0 spiro atoms. The van der Waals surface area contributed by atoms with Gasteiger partial charge in [0.15, 0.2) is 10.9 Å². The number of amides is 2. The zero-order chi connectivity index (χ0) is 18.1. The lowest BCUT2D eigenvalue weighted by atomic mass is 10.1. The fourth-order valence-corrected chi connectivity index (χ4v) is 3.77. The Bertz CT molecular complexity index is 943. The normalized spacial score (nSPS) is 15.3. The second-order valence-electron chi connectivity index (χ2n) is 6.23. The summed E-state index contributed by atoms with van der Waals surface area (Å²) < 4.78 is 5.94. The molecule has 1 fully saturated rings. The van der Waals surface area contributed by atoms with Gasteiger partial charge in [-0.2, -0.15) is 0 Å². The van der Waals surface area contributed by atoms with Crippen LogP contribution in [0.5, 0.6) is 0 Å². The smallest absolute Gasteiger partial charge is 0.293 e. The zero-order valence-electron chi connectivity index (χ0n) is 14.3. The van der Waals surface area contributed by atoms with E-state index in [4.69, 9.17) is 4.42 Å². The van der Waals surface area contributed by atoms with Crippen molar-refractivity contribution in [3.63, 3.8) is 0 Å². The van der Waals surface area contributed by atoms with Crippen molar-refractivity contribution < 1.29 is 14.0 Å². The number of nitrogens with zero attached hydrogens (tertiary/aromatic N) is 3. The molecule has 0 unspecified atom stereocenters. The minimum atomic E-state index is -0.345. The maximum Gasteiger partial charge on any atom is 0.293 e. The molecule has 26 heavy (non-hydrogen) atoms. The third-order valence-electron chi connectivity index (χ3n) is 4.39. The van der Waals surface area contributed by atoms with Gasteiger partial charge in [-0.25, -0.2) is 4.98 Å². The zero-order valence-corrected chi connectivity index (χ0v) is 15.1. The van der Waals surface area contributed by atoms with Crippen LogP contribution in [0.4, 0.5) is 5.13 Å². The number of rotatable bonds is 3. The van der Waals surface area contributed by atoms with Crippen LogP contribution in [0.15, 0.2) is 41.0 Å². The molecule has 3 heterocycles. The molecular formula is C18H18N4O3S. The second-order valence-corrected chi connectivity index (χ2v) is 7.26. The lowest BCUT2D eigenvalue weighted by Crippen LogP contribution is -2.47. The van der Waals surface area contributed by atoms with E-state index >= 15 is 0 Å². The Labute approximate surface area is 154 Å². The van der Waals surface area contributed by atoms with Crippen molar-refractivity contribution in [3.05, 3.63) is 47.9 Å². The van der Waals surface area contributed by atoms with E-state index in [0.717, 1.165) is 36.4 Å². The Morgan fingerprint density at radius 3 is 2.73 bits per heavy atom. The molecule has 0 saturated carbocycles. The standard InChI is InChI=1S/C18H18N4O3S/c1-21-6-8-22(9-7-21)17(24)12-4-5-13-15(11-12)26-18(19-13)20-16(23)14-3-2-10-25-14/h2-5,10-11H,6-9H2,1H3,(H,19,20,23). The van der Waals surface area contributed by atoms with Crippen LogP contribution in [-0.4, -0.2) is 59.8 Å². The molecule has 7 nitrogen and oxygen atoms in total. The number of carbonyl (C=O) groups excluding carboxylic acids is 2. The van der Waals surface area contributed by atoms with E-state index in [2.05, 4.69) is 22.2 Å². The number of anilines is 1. The van der Waals surface area contributed by atoms with Crippen molar-refractivity contribution in [2.75, 3.05) is 38.5 Å². The van der Waals surface area contributed by atoms with E-state index in [0.29, 0.717) is 10.7 Å². The van der Waals surface area contributed by atoms with Crippen LogP contribution in [0.25, 0.3) is 10.2 Å². The number of thiazole rings is 1. The predicted octanol–water partition coefficient (Wildman–Crippen LogP) is 2.53. The van der Waals surface area contributed by atoms with Gasteiger partial charge in [0.25, 0.3) is 11.8 Å². The molecular weight excluding hydrogens is 352 g/mol. The second kappa shape index (κ2) is 6.89. The number of hydrogen-bond acceptors (Lipinski definition) is 6. The Hall–Kier alpha value is -2.71. The summed E-state index contributed by atoms with van der Waals surface area (Å²) in [7, 11) is 2.06. The van der Waals surface area contributed by atoms with E-state index in [1.807, 2.05) is 17.0 Å². The molecule has 1 aromatic carbocycles. The number of aromatic nitrogens is 1. The molecule has 134 valence electrons. The van der Waals surface area contributed by atoms with Crippen LogP contribution in [0, 0.1) is 0 Å². The van der Waals surface area contributed by atoms with E-state index in [9.17, 15) is 9.59 Å². The summed E-state index contributed by atoms with van der Waals surface area (Å²) in [5, 5.41) is 3.20. The quantitative estimate of drug-likeness (QED) is 0.766. The molecule has 3 aromatic rings. The van der Waals surface area contributed by atoms with Gasteiger partial charge in [0, 0.05) is 31.7 Å². The Kier molecular flexibility index (Phi) is 4.44. The summed E-state index contributed by atoms with van der Waals surface area (Å²) in [5.74, 6) is -0.0763. The maximum atomic E-state index is 12.7. The topological polar surface area (TPSA) is 78.7 Å². The fraction of sp³-hybridized carbons (Fsp3) is 0.278. The fourth-order valence-electron chi connectivity index (χ4n) is 2.87. The molecule has 0 aliphatic carbocycles. The summed E-state index contributed by atoms with van der Waals surface area (Å²) in [4.78, 5) is 33.2. The summed E-state index contributed by atoms with van der Waals surface area (Å²) in [6.07, 6.45) is 1.45. The Morgan fingerprint density at radius 1 is 1.19 bits per heavy atom. The summed E-state index contributed by atoms with van der Waals surface area (Å²) >= 11 is 1.34. The number of hydrogen-bond donors (Lipinski definition) is 1. The average molecular weight is 370 g/mol. The first-order chi connectivity index (χ1) is 12.6. The minimum absolute atomic E-state index is 0.0366. The van der Waals surface area contributed by atoms with Crippen molar-refractivity contribution in [3.8, 4) is 0 Å². The number of benzene rings is 1. The number of furan rings is 1. The van der Waals surface area contributed by atoms with Crippen molar-refractivity contribution in [1.29, 1.82) is 0 Å². The monoisotopic (exact) mass is 370 g/mol. The number of fused-ring (bicyclic) bond motifs is 1. The molecule has 0 radical (unpaired) electrons. The van der Waals surface area contributed by atoms with Crippen LogP contribution in [0.2, 0.25) is 0 Å². The molecule has 1 aliphatic rings. The Morgan fingerprint density at radius 2 is 2.00 bits per heavy atom. The van der Waals surface area contributed by atoms with Crippen LogP contribution >= 0.6 is 11.3 Å². The summed E-state index contributed by atoms with van der Waals surface area (Å²) in [6, 6.07) is 8.70. The highest BCUT2D eigenvalue weighted by atomic mass is 32.1. The van der Waals surface area contributed by atoms with Crippen LogP contribution in [-0.2, 0) is 0 Å². The van der Waals surface area contributed by atoms with Crippen molar-refractivity contribution in [1.82, 2.24) is 14.8 Å². The van der Waals surface area contributed by atoms with Crippen molar-refractivity contribution in [2.24, 2.45) is 0 Å². The van der Waals surface area contributed by atoms with Gasteiger partial charge in [-0.15, -0.1) is 0 Å². The van der Waals surface area contributed by atoms with Crippen LogP contribution in [0.3, 0.4) is 0 Å². The van der Waals surface area contributed by atoms with E-state index < -0.39 is 0 Å². The SMILES string of the molecule is CN1CCN(C(=O)c2ccc3nc(NC(=O)c4ccco4)sc3c2)CC1. The molecule has 1 saturated heterocycles. The van der Waals surface area contributed by atoms with Crippen molar-refractivity contribution >= 4 is 38.5 Å². The average Bonchev–Trinajstić information content (AvgIpc) is 3.30. The first kappa shape index (κ1) is 16.7. The van der Waals surface area contributed by atoms with Crippen LogP contribution in [0.1, 0.15) is 20.9 Å². The first-order valence-corrected chi connectivity index (χ1v) is 9.15. The predicted molar refractivity (Wildman–Crippen MR) is 99.7 cm³/mol. The lowest BCUT2D eigenvalue weighted by Gasteiger charge is -2.32. The third-order valence-corrected chi connectivity index (χ3v) is 5.32. The van der Waals surface area contributed by atoms with Crippen molar-refractivity contribution in [2.45, 2.75) is 0 Å². The van der Waals surface area contributed by atoms with Gasteiger partial charge in [0.05, 0.1) is 16.5 Å². The molecule has 8 heteroatoms. The van der Waals surface area contributed by atoms with Gasteiger partial charge in [0.1, 0.15) is 0 Å². The molecule has 0 atom stereocenters.